The quantitative estimate of drug-likeness (QED) is 0.703. The number of carboxylic acid groups (broad SMARTS) is 1. The zero-order valence-electron chi connectivity index (χ0n) is 8.34. The first-order valence-corrected chi connectivity index (χ1v) is 4.98. The van der Waals surface area contributed by atoms with E-state index in [2.05, 4.69) is 0 Å². The number of carbonyl (C=O) groups is 1. The number of hydrogen-bond acceptors (Lipinski definition) is 2. The van der Waals surface area contributed by atoms with Gasteiger partial charge in [-0.2, -0.15) is 0 Å². The smallest absolute Gasteiger partial charge is 0.312 e. The van der Waals surface area contributed by atoms with Crippen LogP contribution in [-0.4, -0.2) is 21.8 Å². The summed E-state index contributed by atoms with van der Waals surface area (Å²) >= 11 is 0. The normalized spacial score (nSPS) is 20.8. The number of aliphatic carboxylic acids is 1. The molecule has 1 rings (SSSR count). The Hall–Kier alpha value is -0.570. The van der Waals surface area contributed by atoms with Crippen molar-refractivity contribution in [2.45, 2.75) is 51.6 Å². The van der Waals surface area contributed by atoms with Crippen molar-refractivity contribution in [3.63, 3.8) is 0 Å². The Morgan fingerprint density at radius 1 is 1.38 bits per heavy atom. The van der Waals surface area contributed by atoms with Gasteiger partial charge in [-0.05, 0) is 32.1 Å². The first-order chi connectivity index (χ1) is 6.02. The van der Waals surface area contributed by atoms with E-state index in [1.165, 1.54) is 0 Å². The number of aliphatic hydroxyl groups is 1. The molecular formula is C10H18O3. The lowest BCUT2D eigenvalue weighted by Crippen LogP contribution is -2.56. The summed E-state index contributed by atoms with van der Waals surface area (Å²) < 4.78 is 0. The molecule has 0 aliphatic heterocycles. The second-order valence-electron chi connectivity index (χ2n) is 3.98. The van der Waals surface area contributed by atoms with E-state index in [4.69, 9.17) is 5.11 Å². The molecule has 0 bridgehead atoms. The van der Waals surface area contributed by atoms with Crippen LogP contribution < -0.4 is 0 Å². The molecule has 0 aromatic carbocycles. The summed E-state index contributed by atoms with van der Waals surface area (Å²) in [7, 11) is 0. The SMILES string of the molecule is CCC(CC)(C(=O)O)C1(O)CCC1. The van der Waals surface area contributed by atoms with Crippen LogP contribution in [0.2, 0.25) is 0 Å². The van der Waals surface area contributed by atoms with Gasteiger partial charge in [-0.25, -0.2) is 0 Å². The van der Waals surface area contributed by atoms with Crippen molar-refractivity contribution < 1.29 is 15.0 Å². The van der Waals surface area contributed by atoms with Gasteiger partial charge in [-0.3, -0.25) is 4.79 Å². The average Bonchev–Trinajstić information content (AvgIpc) is 2.04. The van der Waals surface area contributed by atoms with Crippen LogP contribution in [0, 0.1) is 5.41 Å². The molecule has 0 atom stereocenters. The van der Waals surface area contributed by atoms with Crippen molar-refractivity contribution >= 4 is 5.97 Å². The van der Waals surface area contributed by atoms with Gasteiger partial charge >= 0.3 is 5.97 Å². The lowest BCUT2D eigenvalue weighted by Gasteiger charge is -2.49. The number of carboxylic acids is 1. The summed E-state index contributed by atoms with van der Waals surface area (Å²) in [5.74, 6) is -0.848. The van der Waals surface area contributed by atoms with Gasteiger partial charge in [0.25, 0.3) is 0 Å². The third-order valence-corrected chi connectivity index (χ3v) is 3.69. The molecule has 13 heavy (non-hydrogen) atoms. The molecule has 0 aromatic heterocycles. The van der Waals surface area contributed by atoms with Crippen molar-refractivity contribution in [1.82, 2.24) is 0 Å². The van der Waals surface area contributed by atoms with Gasteiger partial charge in [0, 0.05) is 0 Å². The number of rotatable bonds is 4. The molecular weight excluding hydrogens is 168 g/mol. The van der Waals surface area contributed by atoms with Crippen molar-refractivity contribution in [3.05, 3.63) is 0 Å². The molecule has 3 nitrogen and oxygen atoms in total. The standard InChI is InChI=1S/C10H18O3/c1-3-9(4-2,8(11)12)10(13)6-5-7-10/h13H,3-7H2,1-2H3,(H,11,12). The van der Waals surface area contributed by atoms with Gasteiger partial charge in [0.15, 0.2) is 0 Å². The fourth-order valence-corrected chi connectivity index (χ4v) is 2.40. The van der Waals surface area contributed by atoms with Crippen LogP contribution in [0.4, 0.5) is 0 Å². The molecule has 1 aliphatic carbocycles. The Labute approximate surface area is 78.8 Å². The molecule has 0 heterocycles. The first kappa shape index (κ1) is 10.5. The molecule has 3 heteroatoms. The van der Waals surface area contributed by atoms with Crippen LogP contribution in [0.3, 0.4) is 0 Å². The predicted molar refractivity (Wildman–Crippen MR) is 49.5 cm³/mol. The first-order valence-electron chi connectivity index (χ1n) is 4.98. The largest absolute Gasteiger partial charge is 0.481 e. The van der Waals surface area contributed by atoms with Crippen molar-refractivity contribution in [2.75, 3.05) is 0 Å². The highest BCUT2D eigenvalue weighted by molar-refractivity contribution is 5.76. The summed E-state index contributed by atoms with van der Waals surface area (Å²) in [6, 6.07) is 0. The Morgan fingerprint density at radius 2 is 1.85 bits per heavy atom. The molecule has 2 N–H and O–H groups in total. The zero-order valence-corrected chi connectivity index (χ0v) is 8.34. The van der Waals surface area contributed by atoms with Crippen LogP contribution in [-0.2, 0) is 4.79 Å². The van der Waals surface area contributed by atoms with Gasteiger partial charge in [-0.15, -0.1) is 0 Å². The van der Waals surface area contributed by atoms with E-state index in [9.17, 15) is 9.90 Å². The Bertz CT molecular complexity index is 202. The Kier molecular flexibility index (Phi) is 2.66. The van der Waals surface area contributed by atoms with Gasteiger partial charge < -0.3 is 10.2 Å². The van der Waals surface area contributed by atoms with Gasteiger partial charge in [0.2, 0.25) is 0 Å². The Balaban J connectivity index is 2.94. The minimum absolute atomic E-state index is 0.509. The molecule has 1 saturated carbocycles. The van der Waals surface area contributed by atoms with Crippen LogP contribution in [0.15, 0.2) is 0 Å². The molecule has 0 saturated heterocycles. The fourth-order valence-electron chi connectivity index (χ4n) is 2.40. The van der Waals surface area contributed by atoms with Crippen molar-refractivity contribution in [2.24, 2.45) is 5.41 Å². The summed E-state index contributed by atoms with van der Waals surface area (Å²) in [6.07, 6.45) is 3.25. The van der Waals surface area contributed by atoms with Gasteiger partial charge in [0.05, 0.1) is 11.0 Å². The maximum Gasteiger partial charge on any atom is 0.312 e. The maximum atomic E-state index is 11.2. The Morgan fingerprint density at radius 3 is 1.92 bits per heavy atom. The molecule has 1 aliphatic rings. The van der Waals surface area contributed by atoms with E-state index in [1.807, 2.05) is 13.8 Å². The monoisotopic (exact) mass is 186 g/mol. The summed E-state index contributed by atoms with van der Waals surface area (Å²) in [5.41, 5.74) is -1.85. The lowest BCUT2D eigenvalue weighted by atomic mass is 9.59. The molecule has 0 radical (unpaired) electrons. The summed E-state index contributed by atoms with van der Waals surface area (Å²) in [4.78, 5) is 11.2. The summed E-state index contributed by atoms with van der Waals surface area (Å²) in [6.45, 7) is 3.68. The van der Waals surface area contributed by atoms with E-state index < -0.39 is 17.0 Å². The number of hydrogen-bond donors (Lipinski definition) is 2. The second-order valence-corrected chi connectivity index (χ2v) is 3.98. The maximum absolute atomic E-state index is 11.2. The molecule has 0 unspecified atom stereocenters. The predicted octanol–water partition coefficient (Wildman–Crippen LogP) is 1.79. The molecule has 0 amide bonds. The van der Waals surface area contributed by atoms with E-state index in [0.717, 1.165) is 6.42 Å². The van der Waals surface area contributed by atoms with E-state index in [0.29, 0.717) is 25.7 Å². The molecule has 76 valence electrons. The van der Waals surface area contributed by atoms with Crippen LogP contribution in [0.5, 0.6) is 0 Å². The van der Waals surface area contributed by atoms with Crippen molar-refractivity contribution in [3.8, 4) is 0 Å². The highest BCUT2D eigenvalue weighted by atomic mass is 16.4. The molecule has 0 spiro atoms. The van der Waals surface area contributed by atoms with Gasteiger partial charge in [-0.1, -0.05) is 13.8 Å². The van der Waals surface area contributed by atoms with Crippen LogP contribution in [0.25, 0.3) is 0 Å². The minimum atomic E-state index is -0.942. The molecule has 0 aromatic rings. The highest BCUT2D eigenvalue weighted by Gasteiger charge is 2.56. The van der Waals surface area contributed by atoms with Crippen molar-refractivity contribution in [1.29, 1.82) is 0 Å². The highest BCUT2D eigenvalue weighted by Crippen LogP contribution is 2.50. The van der Waals surface area contributed by atoms with Crippen LogP contribution in [0.1, 0.15) is 46.0 Å². The fraction of sp³-hybridized carbons (Fsp3) is 0.900. The third-order valence-electron chi connectivity index (χ3n) is 3.69. The summed E-state index contributed by atoms with van der Waals surface area (Å²) in [5, 5.41) is 19.3. The minimum Gasteiger partial charge on any atom is -0.481 e. The third kappa shape index (κ3) is 1.26. The topological polar surface area (TPSA) is 57.5 Å². The lowest BCUT2D eigenvalue weighted by molar-refractivity contribution is -0.186. The second kappa shape index (κ2) is 3.29. The van der Waals surface area contributed by atoms with E-state index >= 15 is 0 Å². The average molecular weight is 186 g/mol. The van der Waals surface area contributed by atoms with Crippen LogP contribution >= 0.6 is 0 Å². The van der Waals surface area contributed by atoms with E-state index in [1.54, 1.807) is 0 Å². The van der Waals surface area contributed by atoms with E-state index in [-0.39, 0.29) is 0 Å². The van der Waals surface area contributed by atoms with Gasteiger partial charge in [0.1, 0.15) is 0 Å². The zero-order chi connectivity index (χ0) is 10.1. The molecule has 1 fully saturated rings.